The third-order valence-electron chi connectivity index (χ3n) is 2.97. The highest BCUT2D eigenvalue weighted by Gasteiger charge is 2.06. The Labute approximate surface area is 115 Å². The van der Waals surface area contributed by atoms with Crippen LogP contribution in [0.4, 0.5) is 11.6 Å². The zero-order valence-electron chi connectivity index (χ0n) is 10.8. The van der Waals surface area contributed by atoms with Gasteiger partial charge in [0.1, 0.15) is 5.75 Å². The fourth-order valence-electron chi connectivity index (χ4n) is 2.01. The summed E-state index contributed by atoms with van der Waals surface area (Å²) in [5.74, 6) is 1.35. The topological polar surface area (TPSA) is 73.7 Å². The Hall–Kier alpha value is -3.00. The Kier molecular flexibility index (Phi) is 2.98. The average Bonchev–Trinajstić information content (AvgIpc) is 2.89. The van der Waals surface area contributed by atoms with Crippen LogP contribution in [0, 0.1) is 11.3 Å². The van der Waals surface area contributed by atoms with Gasteiger partial charge in [-0.05, 0) is 30.3 Å². The molecule has 0 saturated heterocycles. The standard InChI is InChI=1S/C15H12N4O/c1-20-14-5-3-2-4-12(14)18-15-17-11-7-6-10(9-16)8-13(11)19-15/h2-8H,1H3,(H2,17,18,19). The van der Waals surface area contributed by atoms with Crippen molar-refractivity contribution in [1.29, 1.82) is 5.26 Å². The number of nitrogens with zero attached hydrogens (tertiary/aromatic N) is 2. The molecule has 0 spiro atoms. The van der Waals surface area contributed by atoms with Gasteiger partial charge in [-0.2, -0.15) is 5.26 Å². The fourth-order valence-corrected chi connectivity index (χ4v) is 2.01. The van der Waals surface area contributed by atoms with Crippen LogP contribution in [0.5, 0.6) is 5.75 Å². The minimum atomic E-state index is 0.602. The summed E-state index contributed by atoms with van der Waals surface area (Å²) in [4.78, 5) is 7.57. The second-order valence-corrected chi connectivity index (χ2v) is 4.25. The molecule has 0 bridgehead atoms. The van der Waals surface area contributed by atoms with Crippen LogP contribution in [-0.2, 0) is 0 Å². The van der Waals surface area contributed by atoms with Gasteiger partial charge in [-0.1, -0.05) is 12.1 Å². The number of para-hydroxylation sites is 2. The van der Waals surface area contributed by atoms with Crippen LogP contribution in [0.15, 0.2) is 42.5 Å². The molecule has 3 aromatic rings. The Morgan fingerprint density at radius 1 is 1.25 bits per heavy atom. The van der Waals surface area contributed by atoms with Crippen molar-refractivity contribution in [3.05, 3.63) is 48.0 Å². The SMILES string of the molecule is COc1ccccc1Nc1nc2ccc(C#N)cc2[nH]1. The maximum absolute atomic E-state index is 8.89. The molecule has 3 rings (SSSR count). The quantitative estimate of drug-likeness (QED) is 0.762. The number of nitriles is 1. The first kappa shape index (κ1) is 12.1. The van der Waals surface area contributed by atoms with Crippen molar-refractivity contribution in [2.24, 2.45) is 0 Å². The Balaban J connectivity index is 1.97. The molecule has 0 aliphatic heterocycles. The van der Waals surface area contributed by atoms with Gasteiger partial charge >= 0.3 is 0 Å². The summed E-state index contributed by atoms with van der Waals surface area (Å²) in [7, 11) is 1.62. The predicted molar refractivity (Wildman–Crippen MR) is 77.1 cm³/mol. The van der Waals surface area contributed by atoms with E-state index in [1.807, 2.05) is 30.3 Å². The average molecular weight is 264 g/mol. The summed E-state index contributed by atoms with van der Waals surface area (Å²) in [5.41, 5.74) is 3.06. The lowest BCUT2D eigenvalue weighted by Crippen LogP contribution is -1.95. The van der Waals surface area contributed by atoms with Crippen molar-refractivity contribution in [2.45, 2.75) is 0 Å². The minimum absolute atomic E-state index is 0.602. The number of ether oxygens (including phenoxy) is 1. The number of benzene rings is 2. The van der Waals surface area contributed by atoms with Crippen molar-refractivity contribution in [3.8, 4) is 11.8 Å². The van der Waals surface area contributed by atoms with Crippen LogP contribution in [0.3, 0.4) is 0 Å². The highest BCUT2D eigenvalue weighted by atomic mass is 16.5. The number of hydrogen-bond donors (Lipinski definition) is 2. The molecule has 5 heteroatoms. The highest BCUT2D eigenvalue weighted by Crippen LogP contribution is 2.26. The van der Waals surface area contributed by atoms with E-state index in [0.29, 0.717) is 11.5 Å². The Morgan fingerprint density at radius 2 is 2.10 bits per heavy atom. The summed E-state index contributed by atoms with van der Waals surface area (Å²) >= 11 is 0. The van der Waals surface area contributed by atoms with Gasteiger partial charge in [0.25, 0.3) is 0 Å². The van der Waals surface area contributed by atoms with E-state index in [9.17, 15) is 0 Å². The molecule has 1 aromatic heterocycles. The number of imidazole rings is 1. The molecule has 1 heterocycles. The molecule has 0 aliphatic rings. The number of fused-ring (bicyclic) bond motifs is 1. The molecule has 0 amide bonds. The number of aromatic amines is 1. The number of rotatable bonds is 3. The van der Waals surface area contributed by atoms with E-state index < -0.39 is 0 Å². The van der Waals surface area contributed by atoms with Gasteiger partial charge in [0.05, 0.1) is 35.5 Å². The molecule has 20 heavy (non-hydrogen) atoms. The summed E-state index contributed by atoms with van der Waals surface area (Å²) < 4.78 is 5.28. The summed E-state index contributed by atoms with van der Waals surface area (Å²) in [6.07, 6.45) is 0. The van der Waals surface area contributed by atoms with Crippen LogP contribution >= 0.6 is 0 Å². The first-order chi connectivity index (χ1) is 9.80. The molecule has 0 unspecified atom stereocenters. The number of anilines is 2. The fraction of sp³-hybridized carbons (Fsp3) is 0.0667. The van der Waals surface area contributed by atoms with Crippen molar-refractivity contribution < 1.29 is 4.74 Å². The Bertz CT molecular complexity index is 801. The van der Waals surface area contributed by atoms with E-state index in [2.05, 4.69) is 21.4 Å². The van der Waals surface area contributed by atoms with Gasteiger partial charge in [-0.3, -0.25) is 0 Å². The van der Waals surface area contributed by atoms with E-state index in [-0.39, 0.29) is 0 Å². The number of H-pyrrole nitrogens is 1. The van der Waals surface area contributed by atoms with Crippen LogP contribution < -0.4 is 10.1 Å². The molecule has 98 valence electrons. The van der Waals surface area contributed by atoms with Gasteiger partial charge < -0.3 is 15.0 Å². The molecule has 2 aromatic carbocycles. The predicted octanol–water partition coefficient (Wildman–Crippen LogP) is 3.19. The molecule has 0 saturated carbocycles. The second kappa shape index (κ2) is 4.94. The monoisotopic (exact) mass is 264 g/mol. The number of methoxy groups -OCH3 is 1. The molecule has 5 nitrogen and oxygen atoms in total. The molecular weight excluding hydrogens is 252 g/mol. The molecule has 2 N–H and O–H groups in total. The van der Waals surface area contributed by atoms with Crippen molar-refractivity contribution >= 4 is 22.7 Å². The highest BCUT2D eigenvalue weighted by molar-refractivity contribution is 5.80. The van der Waals surface area contributed by atoms with Crippen molar-refractivity contribution in [1.82, 2.24) is 9.97 Å². The summed E-state index contributed by atoms with van der Waals surface area (Å²) in [6.45, 7) is 0. The molecule has 0 aliphatic carbocycles. The van der Waals surface area contributed by atoms with Crippen LogP contribution in [0.25, 0.3) is 11.0 Å². The van der Waals surface area contributed by atoms with Gasteiger partial charge in [-0.25, -0.2) is 4.98 Å². The number of nitrogens with one attached hydrogen (secondary N) is 2. The van der Waals surface area contributed by atoms with Crippen LogP contribution in [0.1, 0.15) is 5.56 Å². The maximum Gasteiger partial charge on any atom is 0.205 e. The van der Waals surface area contributed by atoms with E-state index in [1.165, 1.54) is 0 Å². The molecule has 0 radical (unpaired) electrons. The lowest BCUT2D eigenvalue weighted by Gasteiger charge is -2.07. The summed E-state index contributed by atoms with van der Waals surface area (Å²) in [5, 5.41) is 12.1. The summed E-state index contributed by atoms with van der Waals surface area (Å²) in [6, 6.07) is 15.1. The maximum atomic E-state index is 8.89. The van der Waals surface area contributed by atoms with Crippen molar-refractivity contribution in [2.75, 3.05) is 12.4 Å². The normalized spacial score (nSPS) is 10.2. The van der Waals surface area contributed by atoms with Gasteiger partial charge in [0.15, 0.2) is 0 Å². The van der Waals surface area contributed by atoms with Gasteiger partial charge in [-0.15, -0.1) is 0 Å². The third kappa shape index (κ3) is 2.15. The smallest absolute Gasteiger partial charge is 0.205 e. The number of hydrogen-bond acceptors (Lipinski definition) is 4. The molecular formula is C15H12N4O. The van der Waals surface area contributed by atoms with Crippen LogP contribution in [-0.4, -0.2) is 17.1 Å². The van der Waals surface area contributed by atoms with E-state index >= 15 is 0 Å². The van der Waals surface area contributed by atoms with E-state index in [4.69, 9.17) is 10.00 Å². The third-order valence-corrected chi connectivity index (χ3v) is 2.97. The van der Waals surface area contributed by atoms with Gasteiger partial charge in [0.2, 0.25) is 5.95 Å². The minimum Gasteiger partial charge on any atom is -0.495 e. The lowest BCUT2D eigenvalue weighted by molar-refractivity contribution is 0.417. The molecule has 0 fully saturated rings. The van der Waals surface area contributed by atoms with E-state index in [0.717, 1.165) is 22.5 Å². The largest absolute Gasteiger partial charge is 0.495 e. The Morgan fingerprint density at radius 3 is 2.90 bits per heavy atom. The lowest BCUT2D eigenvalue weighted by atomic mass is 10.2. The van der Waals surface area contributed by atoms with Crippen LogP contribution in [0.2, 0.25) is 0 Å². The van der Waals surface area contributed by atoms with Gasteiger partial charge in [0, 0.05) is 0 Å². The first-order valence-electron chi connectivity index (χ1n) is 6.10. The molecule has 0 atom stereocenters. The first-order valence-corrected chi connectivity index (χ1v) is 6.10. The van der Waals surface area contributed by atoms with Crippen molar-refractivity contribution in [3.63, 3.8) is 0 Å². The zero-order valence-corrected chi connectivity index (χ0v) is 10.8. The second-order valence-electron chi connectivity index (χ2n) is 4.25. The van der Waals surface area contributed by atoms with E-state index in [1.54, 1.807) is 19.2 Å². The number of aromatic nitrogens is 2. The zero-order chi connectivity index (χ0) is 13.9.